The molecule has 1 N–H and O–H groups in total. The van der Waals surface area contributed by atoms with Gasteiger partial charge in [0.2, 0.25) is 0 Å². The smallest absolute Gasteiger partial charge is 0.0587 e. The number of nitrogens with one attached hydrogen (secondary N) is 1. The van der Waals surface area contributed by atoms with Crippen LogP contribution in [0.2, 0.25) is 0 Å². The van der Waals surface area contributed by atoms with Gasteiger partial charge in [-0.1, -0.05) is 6.92 Å². The Morgan fingerprint density at radius 1 is 1.31 bits per heavy atom. The quantitative estimate of drug-likeness (QED) is 0.771. The van der Waals surface area contributed by atoms with Crippen LogP contribution in [0.25, 0.3) is 0 Å². The van der Waals surface area contributed by atoms with Gasteiger partial charge in [-0.3, -0.25) is 0 Å². The zero-order valence-electron chi connectivity index (χ0n) is 10.6. The van der Waals surface area contributed by atoms with Gasteiger partial charge in [0.15, 0.2) is 0 Å². The molecule has 2 rings (SSSR count). The lowest BCUT2D eigenvalue weighted by Gasteiger charge is -2.30. The summed E-state index contributed by atoms with van der Waals surface area (Å²) in [6.45, 7) is 8.17. The van der Waals surface area contributed by atoms with E-state index in [1.165, 1.54) is 45.3 Å². The van der Waals surface area contributed by atoms with E-state index >= 15 is 0 Å². The van der Waals surface area contributed by atoms with Crippen molar-refractivity contribution in [3.8, 4) is 0 Å². The molecule has 2 unspecified atom stereocenters. The van der Waals surface area contributed by atoms with Crippen LogP contribution in [-0.4, -0.2) is 49.8 Å². The molecule has 2 heterocycles. The zero-order chi connectivity index (χ0) is 11.2. The molecule has 0 aliphatic carbocycles. The predicted molar refractivity (Wildman–Crippen MR) is 66.7 cm³/mol. The number of nitrogens with zero attached hydrogens (tertiary/aromatic N) is 1. The van der Waals surface area contributed by atoms with E-state index in [0.717, 1.165) is 19.6 Å². The van der Waals surface area contributed by atoms with Crippen LogP contribution in [0.1, 0.15) is 39.0 Å². The summed E-state index contributed by atoms with van der Waals surface area (Å²) in [5.74, 6) is 0. The SMILES string of the molecule is CCC1CC(NCCN2CCCC2)CCO1. The van der Waals surface area contributed by atoms with Crippen molar-refractivity contribution in [3.63, 3.8) is 0 Å². The highest BCUT2D eigenvalue weighted by Gasteiger charge is 2.20. The monoisotopic (exact) mass is 226 g/mol. The molecular weight excluding hydrogens is 200 g/mol. The van der Waals surface area contributed by atoms with Crippen LogP contribution in [0.3, 0.4) is 0 Å². The average Bonchev–Trinajstić information content (AvgIpc) is 2.82. The van der Waals surface area contributed by atoms with Crippen molar-refractivity contribution in [3.05, 3.63) is 0 Å². The van der Waals surface area contributed by atoms with Gasteiger partial charge in [0.25, 0.3) is 0 Å². The molecule has 94 valence electrons. The Kier molecular flexibility index (Phi) is 5.07. The molecule has 2 atom stereocenters. The van der Waals surface area contributed by atoms with E-state index < -0.39 is 0 Å². The van der Waals surface area contributed by atoms with Crippen LogP contribution in [0.15, 0.2) is 0 Å². The zero-order valence-corrected chi connectivity index (χ0v) is 10.6. The van der Waals surface area contributed by atoms with Gasteiger partial charge in [0, 0.05) is 25.7 Å². The Balaban J connectivity index is 1.58. The molecule has 3 nitrogen and oxygen atoms in total. The fourth-order valence-electron chi connectivity index (χ4n) is 2.78. The molecule has 0 aromatic heterocycles. The van der Waals surface area contributed by atoms with E-state index in [0.29, 0.717) is 12.1 Å². The summed E-state index contributed by atoms with van der Waals surface area (Å²) in [7, 11) is 0. The van der Waals surface area contributed by atoms with Crippen molar-refractivity contribution >= 4 is 0 Å². The minimum absolute atomic E-state index is 0.498. The maximum atomic E-state index is 5.69. The highest BCUT2D eigenvalue weighted by atomic mass is 16.5. The molecule has 0 bridgehead atoms. The Morgan fingerprint density at radius 2 is 2.12 bits per heavy atom. The first-order valence-corrected chi connectivity index (χ1v) is 6.96. The van der Waals surface area contributed by atoms with Crippen LogP contribution >= 0.6 is 0 Å². The van der Waals surface area contributed by atoms with E-state index in [1.807, 2.05) is 0 Å². The highest BCUT2D eigenvalue weighted by molar-refractivity contribution is 4.77. The van der Waals surface area contributed by atoms with Crippen molar-refractivity contribution in [2.45, 2.75) is 51.2 Å². The first kappa shape index (κ1) is 12.3. The number of rotatable bonds is 5. The van der Waals surface area contributed by atoms with E-state index in [9.17, 15) is 0 Å². The molecule has 0 spiro atoms. The first-order valence-electron chi connectivity index (χ1n) is 6.96. The van der Waals surface area contributed by atoms with Crippen molar-refractivity contribution in [2.24, 2.45) is 0 Å². The largest absolute Gasteiger partial charge is 0.378 e. The van der Waals surface area contributed by atoms with Gasteiger partial charge < -0.3 is 15.0 Å². The second kappa shape index (κ2) is 6.58. The summed E-state index contributed by atoms with van der Waals surface area (Å²) in [6.07, 6.45) is 6.85. The fourth-order valence-corrected chi connectivity index (χ4v) is 2.78. The lowest BCUT2D eigenvalue weighted by atomic mass is 10.0. The molecule has 0 radical (unpaired) electrons. The van der Waals surface area contributed by atoms with Gasteiger partial charge in [-0.15, -0.1) is 0 Å². The van der Waals surface area contributed by atoms with Crippen molar-refractivity contribution in [1.82, 2.24) is 10.2 Å². The van der Waals surface area contributed by atoms with Crippen LogP contribution in [-0.2, 0) is 4.74 Å². The molecule has 0 amide bonds. The van der Waals surface area contributed by atoms with E-state index in [4.69, 9.17) is 4.74 Å². The van der Waals surface area contributed by atoms with Crippen LogP contribution < -0.4 is 5.32 Å². The molecule has 0 saturated carbocycles. The molecule has 0 aromatic rings. The third-order valence-electron chi connectivity index (χ3n) is 3.88. The van der Waals surface area contributed by atoms with Crippen LogP contribution in [0.4, 0.5) is 0 Å². The Hall–Kier alpha value is -0.120. The summed E-state index contributed by atoms with van der Waals surface area (Å²) >= 11 is 0. The second-order valence-electron chi connectivity index (χ2n) is 5.13. The standard InChI is InChI=1S/C13H26N2O/c1-2-13-11-12(5-10-16-13)14-6-9-15-7-3-4-8-15/h12-14H,2-11H2,1H3. The molecule has 16 heavy (non-hydrogen) atoms. The van der Waals surface area contributed by atoms with E-state index in [-0.39, 0.29) is 0 Å². The third-order valence-corrected chi connectivity index (χ3v) is 3.88. The summed E-state index contributed by atoms with van der Waals surface area (Å²) in [5.41, 5.74) is 0. The van der Waals surface area contributed by atoms with E-state index in [1.54, 1.807) is 0 Å². The number of hydrogen-bond donors (Lipinski definition) is 1. The summed E-state index contributed by atoms with van der Waals surface area (Å²) < 4.78 is 5.69. The normalized spacial score (nSPS) is 32.1. The lowest BCUT2D eigenvalue weighted by molar-refractivity contribution is -0.000209. The lowest BCUT2D eigenvalue weighted by Crippen LogP contribution is -2.41. The van der Waals surface area contributed by atoms with Gasteiger partial charge in [-0.25, -0.2) is 0 Å². The van der Waals surface area contributed by atoms with Gasteiger partial charge in [-0.2, -0.15) is 0 Å². The third kappa shape index (κ3) is 3.72. The number of likely N-dealkylation sites (tertiary alicyclic amines) is 1. The maximum Gasteiger partial charge on any atom is 0.0587 e. The maximum absolute atomic E-state index is 5.69. The minimum Gasteiger partial charge on any atom is -0.378 e. The number of ether oxygens (including phenoxy) is 1. The Labute approximate surface area is 99.5 Å². The van der Waals surface area contributed by atoms with Crippen molar-refractivity contribution in [1.29, 1.82) is 0 Å². The van der Waals surface area contributed by atoms with Gasteiger partial charge >= 0.3 is 0 Å². The molecule has 3 heteroatoms. The molecule has 0 aromatic carbocycles. The van der Waals surface area contributed by atoms with Crippen LogP contribution in [0.5, 0.6) is 0 Å². The van der Waals surface area contributed by atoms with Gasteiger partial charge in [-0.05, 0) is 45.2 Å². The predicted octanol–water partition coefficient (Wildman–Crippen LogP) is 1.63. The average molecular weight is 226 g/mol. The highest BCUT2D eigenvalue weighted by Crippen LogP contribution is 2.16. The Bertz CT molecular complexity index is 192. The number of hydrogen-bond acceptors (Lipinski definition) is 3. The second-order valence-corrected chi connectivity index (χ2v) is 5.13. The minimum atomic E-state index is 0.498. The summed E-state index contributed by atoms with van der Waals surface area (Å²) in [6, 6.07) is 0.696. The molecule has 2 aliphatic heterocycles. The van der Waals surface area contributed by atoms with Crippen molar-refractivity contribution in [2.75, 3.05) is 32.8 Å². The van der Waals surface area contributed by atoms with E-state index in [2.05, 4.69) is 17.1 Å². The molecule has 2 saturated heterocycles. The molecule has 2 fully saturated rings. The fraction of sp³-hybridized carbons (Fsp3) is 1.00. The molecule has 2 aliphatic rings. The summed E-state index contributed by atoms with van der Waals surface area (Å²) in [5, 5.41) is 3.69. The summed E-state index contributed by atoms with van der Waals surface area (Å²) in [4.78, 5) is 2.57. The van der Waals surface area contributed by atoms with Gasteiger partial charge in [0.05, 0.1) is 6.10 Å². The molecular formula is C13H26N2O. The van der Waals surface area contributed by atoms with Crippen LogP contribution in [0, 0.1) is 0 Å². The van der Waals surface area contributed by atoms with Crippen molar-refractivity contribution < 1.29 is 4.74 Å². The van der Waals surface area contributed by atoms with Gasteiger partial charge in [0.1, 0.15) is 0 Å². The Morgan fingerprint density at radius 3 is 2.88 bits per heavy atom. The topological polar surface area (TPSA) is 24.5 Å². The first-order chi connectivity index (χ1) is 7.88.